The lowest BCUT2D eigenvalue weighted by Gasteiger charge is -2.04. The van der Waals surface area contributed by atoms with E-state index in [0.717, 1.165) is 5.56 Å². The molecular formula is C11H8BrCl2N3. The highest BCUT2D eigenvalue weighted by Crippen LogP contribution is 2.23. The smallest absolute Gasteiger partial charge is 0.141 e. The molecule has 0 aliphatic heterocycles. The van der Waals surface area contributed by atoms with Crippen LogP contribution in [0.3, 0.4) is 0 Å². The summed E-state index contributed by atoms with van der Waals surface area (Å²) in [6.45, 7) is 0. The second-order valence-electron chi connectivity index (χ2n) is 3.44. The molecule has 3 nitrogen and oxygen atoms in total. The summed E-state index contributed by atoms with van der Waals surface area (Å²) in [4.78, 5) is 8.34. The van der Waals surface area contributed by atoms with Crippen LogP contribution in [0.25, 0.3) is 0 Å². The molecule has 1 aromatic carbocycles. The zero-order valence-corrected chi connectivity index (χ0v) is 11.7. The van der Waals surface area contributed by atoms with Crippen LogP contribution >= 0.6 is 39.1 Å². The lowest BCUT2D eigenvalue weighted by atomic mass is 10.1. The highest BCUT2D eigenvalue weighted by molar-refractivity contribution is 9.10. The Morgan fingerprint density at radius 3 is 2.65 bits per heavy atom. The molecule has 0 aliphatic carbocycles. The molecule has 0 bridgehead atoms. The number of hydrogen-bond donors (Lipinski definition) is 1. The molecule has 0 unspecified atom stereocenters. The molecule has 0 spiro atoms. The largest absolute Gasteiger partial charge is 0.383 e. The number of nitrogen functional groups attached to an aromatic ring is 1. The van der Waals surface area contributed by atoms with E-state index in [4.69, 9.17) is 28.9 Å². The van der Waals surface area contributed by atoms with Crippen molar-refractivity contribution in [3.05, 3.63) is 50.3 Å². The first-order chi connectivity index (χ1) is 8.06. The van der Waals surface area contributed by atoms with Crippen LogP contribution in [0, 0.1) is 0 Å². The van der Waals surface area contributed by atoms with Crippen molar-refractivity contribution in [3.63, 3.8) is 0 Å². The zero-order chi connectivity index (χ0) is 12.4. The minimum atomic E-state index is 0.426. The highest BCUT2D eigenvalue weighted by atomic mass is 79.9. The third-order valence-electron chi connectivity index (χ3n) is 2.17. The molecule has 6 heteroatoms. The van der Waals surface area contributed by atoms with Crippen molar-refractivity contribution in [2.75, 3.05) is 5.73 Å². The van der Waals surface area contributed by atoms with Crippen molar-refractivity contribution in [1.82, 2.24) is 9.97 Å². The number of aromatic nitrogens is 2. The van der Waals surface area contributed by atoms with Gasteiger partial charge in [0.15, 0.2) is 0 Å². The fraction of sp³-hybridized carbons (Fsp3) is 0.0909. The van der Waals surface area contributed by atoms with E-state index in [1.54, 1.807) is 18.3 Å². The summed E-state index contributed by atoms with van der Waals surface area (Å²) >= 11 is 15.0. The van der Waals surface area contributed by atoms with Crippen LogP contribution in [-0.4, -0.2) is 9.97 Å². The summed E-state index contributed by atoms with van der Waals surface area (Å²) in [6, 6.07) is 5.43. The summed E-state index contributed by atoms with van der Waals surface area (Å²) in [5.41, 5.74) is 6.67. The number of rotatable bonds is 2. The Hall–Kier alpha value is -0.840. The van der Waals surface area contributed by atoms with E-state index < -0.39 is 0 Å². The molecule has 17 heavy (non-hydrogen) atoms. The molecule has 1 aromatic heterocycles. The van der Waals surface area contributed by atoms with Gasteiger partial charge in [0.1, 0.15) is 11.6 Å². The Kier molecular flexibility index (Phi) is 3.86. The number of benzene rings is 1. The molecule has 0 atom stereocenters. The van der Waals surface area contributed by atoms with Crippen LogP contribution in [0.2, 0.25) is 10.0 Å². The number of hydrogen-bond acceptors (Lipinski definition) is 3. The fourth-order valence-electron chi connectivity index (χ4n) is 1.34. The van der Waals surface area contributed by atoms with Gasteiger partial charge in [-0.15, -0.1) is 0 Å². The first-order valence-electron chi connectivity index (χ1n) is 4.77. The van der Waals surface area contributed by atoms with Gasteiger partial charge in [0.2, 0.25) is 0 Å². The zero-order valence-electron chi connectivity index (χ0n) is 8.62. The van der Waals surface area contributed by atoms with E-state index in [-0.39, 0.29) is 0 Å². The Morgan fingerprint density at radius 2 is 2.00 bits per heavy atom. The Morgan fingerprint density at radius 1 is 1.24 bits per heavy atom. The number of halogens is 3. The molecule has 0 amide bonds. The SMILES string of the molecule is Nc1nc(Cc2ccc(Cl)c(Cl)c2)ncc1Br. The number of nitrogens with two attached hydrogens (primary N) is 1. The Labute approximate surface area is 117 Å². The van der Waals surface area contributed by atoms with E-state index in [2.05, 4.69) is 25.9 Å². The van der Waals surface area contributed by atoms with Crippen LogP contribution in [0.1, 0.15) is 11.4 Å². The molecule has 0 aliphatic rings. The van der Waals surface area contributed by atoms with E-state index in [0.29, 0.717) is 32.6 Å². The van der Waals surface area contributed by atoms with Crippen molar-refractivity contribution in [3.8, 4) is 0 Å². The molecule has 0 fully saturated rings. The first-order valence-corrected chi connectivity index (χ1v) is 6.32. The molecule has 2 N–H and O–H groups in total. The Balaban J connectivity index is 2.25. The van der Waals surface area contributed by atoms with E-state index in [1.165, 1.54) is 0 Å². The maximum absolute atomic E-state index is 5.93. The minimum absolute atomic E-state index is 0.426. The molecular weight excluding hydrogens is 325 g/mol. The first kappa shape index (κ1) is 12.6. The van der Waals surface area contributed by atoms with Gasteiger partial charge in [-0.05, 0) is 33.6 Å². The highest BCUT2D eigenvalue weighted by Gasteiger charge is 2.05. The second-order valence-corrected chi connectivity index (χ2v) is 5.11. The van der Waals surface area contributed by atoms with Crippen LogP contribution in [0.15, 0.2) is 28.9 Å². The lowest BCUT2D eigenvalue weighted by molar-refractivity contribution is 0.968. The quantitative estimate of drug-likeness (QED) is 0.911. The van der Waals surface area contributed by atoms with Crippen molar-refractivity contribution in [2.24, 2.45) is 0 Å². The number of nitrogens with zero attached hydrogens (tertiary/aromatic N) is 2. The van der Waals surface area contributed by atoms with E-state index >= 15 is 0 Å². The average Bonchev–Trinajstić information content (AvgIpc) is 2.29. The van der Waals surface area contributed by atoms with Gasteiger partial charge < -0.3 is 5.73 Å². The summed E-state index contributed by atoms with van der Waals surface area (Å²) in [6.07, 6.45) is 2.20. The predicted molar refractivity (Wildman–Crippen MR) is 73.4 cm³/mol. The second kappa shape index (κ2) is 5.21. The van der Waals surface area contributed by atoms with Crippen molar-refractivity contribution in [1.29, 1.82) is 0 Å². The molecule has 2 rings (SSSR count). The third kappa shape index (κ3) is 3.09. The number of anilines is 1. The molecule has 2 aromatic rings. The standard InChI is InChI=1S/C11H8BrCl2N3/c12-7-5-16-10(17-11(7)15)4-6-1-2-8(13)9(14)3-6/h1-3,5H,4H2,(H2,15,16,17). The average molecular weight is 333 g/mol. The van der Waals surface area contributed by atoms with Crippen molar-refractivity contribution < 1.29 is 0 Å². The van der Waals surface area contributed by atoms with Gasteiger partial charge in [0.25, 0.3) is 0 Å². The van der Waals surface area contributed by atoms with Gasteiger partial charge in [-0.25, -0.2) is 9.97 Å². The van der Waals surface area contributed by atoms with Gasteiger partial charge in [0.05, 0.1) is 14.5 Å². The van der Waals surface area contributed by atoms with E-state index in [9.17, 15) is 0 Å². The topological polar surface area (TPSA) is 51.8 Å². The van der Waals surface area contributed by atoms with E-state index in [1.807, 2.05) is 6.07 Å². The van der Waals surface area contributed by atoms with Gasteiger partial charge in [-0.3, -0.25) is 0 Å². The van der Waals surface area contributed by atoms with Crippen molar-refractivity contribution >= 4 is 44.9 Å². The molecule has 88 valence electrons. The van der Waals surface area contributed by atoms with Crippen LogP contribution in [-0.2, 0) is 6.42 Å². The summed E-state index contributed by atoms with van der Waals surface area (Å²) < 4.78 is 0.690. The Bertz CT molecular complexity index is 511. The van der Waals surface area contributed by atoms with Crippen molar-refractivity contribution in [2.45, 2.75) is 6.42 Å². The lowest BCUT2D eigenvalue weighted by Crippen LogP contribution is -2.01. The van der Waals surface area contributed by atoms with Crippen LogP contribution in [0.4, 0.5) is 5.82 Å². The molecule has 0 radical (unpaired) electrons. The van der Waals surface area contributed by atoms with Gasteiger partial charge in [-0.1, -0.05) is 29.3 Å². The third-order valence-corrected chi connectivity index (χ3v) is 3.52. The summed E-state index contributed by atoms with van der Waals surface area (Å²) in [7, 11) is 0. The normalized spacial score (nSPS) is 10.5. The van der Waals surface area contributed by atoms with Gasteiger partial charge in [-0.2, -0.15) is 0 Å². The fourth-order valence-corrected chi connectivity index (χ4v) is 1.85. The maximum Gasteiger partial charge on any atom is 0.141 e. The minimum Gasteiger partial charge on any atom is -0.383 e. The maximum atomic E-state index is 5.93. The molecule has 0 saturated carbocycles. The van der Waals surface area contributed by atoms with Crippen LogP contribution in [0.5, 0.6) is 0 Å². The summed E-state index contributed by atoms with van der Waals surface area (Å²) in [5.74, 6) is 1.07. The van der Waals surface area contributed by atoms with Gasteiger partial charge >= 0.3 is 0 Å². The molecule has 0 saturated heterocycles. The summed E-state index contributed by atoms with van der Waals surface area (Å²) in [5, 5.41) is 1.06. The molecule has 1 heterocycles. The van der Waals surface area contributed by atoms with Crippen LogP contribution < -0.4 is 5.73 Å². The van der Waals surface area contributed by atoms with Gasteiger partial charge in [0, 0.05) is 12.6 Å². The predicted octanol–water partition coefficient (Wildman–Crippen LogP) is 3.72. The monoisotopic (exact) mass is 331 g/mol.